The van der Waals surface area contributed by atoms with Gasteiger partial charge in [-0.25, -0.2) is 13.4 Å². The first-order valence-corrected chi connectivity index (χ1v) is 18.0. The fraction of sp³-hybridized carbons (Fsp3) is 0.290. The summed E-state index contributed by atoms with van der Waals surface area (Å²) >= 11 is 4.56. The number of rotatable bonds is 7. The van der Waals surface area contributed by atoms with Gasteiger partial charge < -0.3 is 5.32 Å². The van der Waals surface area contributed by atoms with Gasteiger partial charge in [0.25, 0.3) is 10.0 Å². The summed E-state index contributed by atoms with van der Waals surface area (Å²) in [5.74, 6) is -0.276. The highest BCUT2D eigenvalue weighted by molar-refractivity contribution is 7.91. The molecule has 0 bridgehead atoms. The van der Waals surface area contributed by atoms with Gasteiger partial charge in [0.15, 0.2) is 0 Å². The zero-order valence-electron chi connectivity index (χ0n) is 23.3. The highest BCUT2D eigenvalue weighted by Crippen LogP contribution is 2.46. The molecule has 3 aromatic heterocycles. The molecule has 224 valence electrons. The van der Waals surface area contributed by atoms with Crippen LogP contribution in [-0.2, 0) is 34.3 Å². The van der Waals surface area contributed by atoms with E-state index in [2.05, 4.69) is 40.5 Å². The summed E-state index contributed by atoms with van der Waals surface area (Å²) in [7, 11) is -3.50. The van der Waals surface area contributed by atoms with Crippen molar-refractivity contribution < 1.29 is 13.2 Å². The van der Waals surface area contributed by atoms with E-state index < -0.39 is 10.0 Å². The van der Waals surface area contributed by atoms with Gasteiger partial charge >= 0.3 is 0 Å². The Morgan fingerprint density at radius 3 is 2.47 bits per heavy atom. The molecule has 0 saturated carbocycles. The van der Waals surface area contributed by atoms with E-state index in [-0.39, 0.29) is 24.2 Å². The van der Waals surface area contributed by atoms with Crippen molar-refractivity contribution in [3.8, 4) is 10.6 Å². The summed E-state index contributed by atoms with van der Waals surface area (Å²) in [6.45, 7) is 3.36. The van der Waals surface area contributed by atoms with Crippen molar-refractivity contribution in [2.75, 3.05) is 25.0 Å². The van der Waals surface area contributed by atoms with Crippen molar-refractivity contribution in [3.05, 3.63) is 88.1 Å². The number of thiazole rings is 1. The average molecular weight is 671 g/mol. The van der Waals surface area contributed by atoms with Crippen LogP contribution in [0.4, 0.5) is 5.00 Å². The van der Waals surface area contributed by atoms with E-state index in [4.69, 9.17) is 4.98 Å². The molecule has 1 fully saturated rings. The summed E-state index contributed by atoms with van der Waals surface area (Å²) in [5, 5.41) is 6.87. The number of sulfonamides is 1. The van der Waals surface area contributed by atoms with Crippen LogP contribution in [0.25, 0.3) is 20.8 Å². The fourth-order valence-electron chi connectivity index (χ4n) is 5.84. The third-order valence-corrected chi connectivity index (χ3v) is 13.5. The van der Waals surface area contributed by atoms with Crippen molar-refractivity contribution in [2.24, 2.45) is 5.92 Å². The maximum absolute atomic E-state index is 13.6. The van der Waals surface area contributed by atoms with Crippen LogP contribution in [0.3, 0.4) is 0 Å². The molecule has 1 N–H and O–H groups in total. The van der Waals surface area contributed by atoms with E-state index in [0.29, 0.717) is 30.1 Å². The average Bonchev–Trinajstić information content (AvgIpc) is 3.76. The maximum Gasteiger partial charge on any atom is 0.252 e. The maximum atomic E-state index is 13.6. The van der Waals surface area contributed by atoms with E-state index in [1.807, 2.05) is 24.3 Å². The van der Waals surface area contributed by atoms with E-state index in [9.17, 15) is 13.2 Å². The molecule has 43 heavy (non-hydrogen) atoms. The fourth-order valence-corrected chi connectivity index (χ4v) is 10.9. The van der Waals surface area contributed by atoms with Gasteiger partial charge in [0.1, 0.15) is 14.2 Å². The first-order valence-electron chi connectivity index (χ1n) is 14.1. The topological polar surface area (TPSA) is 82.6 Å². The number of carbonyl (C=O) groups excluding carboxylic acids is 1. The summed E-state index contributed by atoms with van der Waals surface area (Å²) in [4.78, 5) is 22.3. The van der Waals surface area contributed by atoms with Crippen molar-refractivity contribution in [2.45, 2.75) is 36.6 Å². The lowest BCUT2D eigenvalue weighted by molar-refractivity contribution is -0.120. The first kappa shape index (κ1) is 30.4. The van der Waals surface area contributed by atoms with Gasteiger partial charge in [-0.15, -0.1) is 46.4 Å². The molecule has 1 amide bonds. The molecule has 0 spiro atoms. The minimum Gasteiger partial charge on any atom is -0.317 e. The van der Waals surface area contributed by atoms with Gasteiger partial charge in [0, 0.05) is 49.1 Å². The van der Waals surface area contributed by atoms with Crippen LogP contribution in [0, 0.1) is 5.92 Å². The van der Waals surface area contributed by atoms with E-state index in [1.54, 1.807) is 40.2 Å². The molecule has 2 aromatic carbocycles. The number of hydrogen-bond acceptors (Lipinski definition) is 8. The summed E-state index contributed by atoms with van der Waals surface area (Å²) in [6, 6.07) is 22.1. The molecule has 2 aliphatic heterocycles. The van der Waals surface area contributed by atoms with Crippen molar-refractivity contribution in [1.29, 1.82) is 0 Å². The highest BCUT2D eigenvalue weighted by Gasteiger charge is 2.34. The number of thiophene rings is 2. The summed E-state index contributed by atoms with van der Waals surface area (Å²) in [6.07, 6.45) is 1.91. The van der Waals surface area contributed by atoms with E-state index >= 15 is 0 Å². The summed E-state index contributed by atoms with van der Waals surface area (Å²) in [5.41, 5.74) is 4.61. The normalized spacial score (nSPS) is 16.6. The van der Waals surface area contributed by atoms with E-state index in [0.717, 1.165) is 51.8 Å². The molecule has 1 saturated heterocycles. The number of fused-ring (bicyclic) bond motifs is 2. The predicted molar refractivity (Wildman–Crippen MR) is 179 cm³/mol. The second-order valence-corrected chi connectivity index (χ2v) is 16.0. The number of anilines is 1. The predicted octanol–water partition coefficient (Wildman–Crippen LogP) is 7.11. The van der Waals surface area contributed by atoms with E-state index in [1.165, 1.54) is 31.6 Å². The van der Waals surface area contributed by atoms with Gasteiger partial charge in [0.2, 0.25) is 5.91 Å². The molecule has 12 heteroatoms. The van der Waals surface area contributed by atoms with Crippen molar-refractivity contribution in [1.82, 2.24) is 14.2 Å². The summed E-state index contributed by atoms with van der Waals surface area (Å²) < 4.78 is 28.9. The van der Waals surface area contributed by atoms with Crippen LogP contribution in [0.2, 0.25) is 0 Å². The first-order chi connectivity index (χ1) is 20.5. The number of hydrogen-bond donors (Lipinski definition) is 1. The smallest absolute Gasteiger partial charge is 0.252 e. The lowest BCUT2D eigenvalue weighted by atomic mass is 9.97. The van der Waals surface area contributed by atoms with Crippen LogP contribution >= 0.6 is 46.4 Å². The quantitative estimate of drug-likeness (QED) is 0.200. The zero-order valence-corrected chi connectivity index (χ0v) is 27.4. The third kappa shape index (κ3) is 6.17. The number of aromatic nitrogens is 1. The molecular formula is C31H31ClN4O3S4. The number of carbonyl (C=O) groups is 1. The second kappa shape index (κ2) is 12.8. The monoisotopic (exact) mass is 670 g/mol. The highest BCUT2D eigenvalue weighted by atomic mass is 35.5. The van der Waals surface area contributed by atoms with Crippen molar-refractivity contribution >= 4 is 77.6 Å². The lowest BCUT2D eigenvalue weighted by Crippen LogP contribution is -2.41. The Balaban J connectivity index is 0.00000329. The lowest BCUT2D eigenvalue weighted by Gasteiger charge is -2.30. The molecule has 2 aliphatic rings. The molecule has 5 heterocycles. The molecule has 0 atom stereocenters. The number of nitrogens with zero attached hydrogens (tertiary/aromatic N) is 3. The number of para-hydroxylation sites is 1. The molecule has 0 radical (unpaired) electrons. The molecule has 0 aliphatic carbocycles. The second-order valence-electron chi connectivity index (χ2n) is 10.7. The van der Waals surface area contributed by atoms with Gasteiger partial charge in [0.05, 0.1) is 10.2 Å². The Hall–Kier alpha value is -2.64. The van der Waals surface area contributed by atoms with Crippen LogP contribution in [0.5, 0.6) is 0 Å². The van der Waals surface area contributed by atoms with Gasteiger partial charge in [-0.3, -0.25) is 9.69 Å². The SMILES string of the molecule is Cl.O=C(Nc1sc2c(c1-c1nc3ccccc3s1)CCN(Cc1ccccc1)C2)C1CCN(S(=O)(=O)c2cccs2)CC1. The number of amides is 1. The molecule has 5 aromatic rings. The third-order valence-electron chi connectivity index (χ3n) is 8.04. The Morgan fingerprint density at radius 1 is 0.953 bits per heavy atom. The standard InChI is InChI=1S/C31H30N4O3S4.ClH/c36-29(22-12-16-35(17-13-22)42(37,38)27-11-6-18-39-27)33-31-28(30-32-24-9-4-5-10-25(24)40-30)23-14-15-34(20-26(23)41-31)19-21-7-2-1-3-8-21;/h1-11,18,22H,12-17,19-20H2,(H,33,36);1H. The number of piperidine rings is 1. The molecule has 0 unspecified atom stereocenters. The molecular weight excluding hydrogens is 640 g/mol. The van der Waals surface area contributed by atoms with Gasteiger partial charge in [-0.05, 0) is 54.0 Å². The largest absolute Gasteiger partial charge is 0.317 e. The minimum atomic E-state index is -3.50. The Morgan fingerprint density at radius 2 is 1.72 bits per heavy atom. The van der Waals surface area contributed by atoms with Crippen LogP contribution < -0.4 is 5.32 Å². The van der Waals surface area contributed by atoms with Crippen LogP contribution in [0.15, 0.2) is 76.3 Å². The van der Waals surface area contributed by atoms with Crippen LogP contribution in [0.1, 0.15) is 28.8 Å². The van der Waals surface area contributed by atoms with Gasteiger partial charge in [-0.1, -0.05) is 48.5 Å². The number of nitrogens with one attached hydrogen (secondary N) is 1. The Labute approximate surface area is 269 Å². The minimum absolute atomic E-state index is 0. The Bertz CT molecular complexity index is 1800. The van der Waals surface area contributed by atoms with Crippen LogP contribution in [-0.4, -0.2) is 48.1 Å². The molecule has 7 nitrogen and oxygen atoms in total. The van der Waals surface area contributed by atoms with Gasteiger partial charge in [-0.2, -0.15) is 4.31 Å². The number of halogens is 1. The zero-order chi connectivity index (χ0) is 28.7. The molecule has 7 rings (SSSR count). The van der Waals surface area contributed by atoms with Crippen molar-refractivity contribution in [3.63, 3.8) is 0 Å². The Kier molecular flexibility index (Phi) is 9.02. The number of benzene rings is 2.